The van der Waals surface area contributed by atoms with Crippen molar-refractivity contribution in [1.82, 2.24) is 0 Å². The minimum Gasteiger partial charge on any atom is -0.291 e. The van der Waals surface area contributed by atoms with E-state index >= 15 is 0 Å². The van der Waals surface area contributed by atoms with Crippen LogP contribution in [0.1, 0.15) is 30.9 Å². The van der Waals surface area contributed by atoms with Gasteiger partial charge < -0.3 is 0 Å². The number of aryl methyl sites for hydroxylation is 1. The molecule has 3 heteroatoms. The van der Waals surface area contributed by atoms with Crippen molar-refractivity contribution < 1.29 is 0 Å². The van der Waals surface area contributed by atoms with Gasteiger partial charge >= 0.3 is 0 Å². The largest absolute Gasteiger partial charge is 0.291 e. The van der Waals surface area contributed by atoms with Gasteiger partial charge in [-0.1, -0.05) is 62.8 Å². The Morgan fingerprint density at radius 2 is 1.84 bits per heavy atom. The molecule has 0 saturated heterocycles. The van der Waals surface area contributed by atoms with Gasteiger partial charge in [0.1, 0.15) is 7.22 Å². The van der Waals surface area contributed by atoms with Crippen molar-refractivity contribution in [2.45, 2.75) is 51.6 Å². The Labute approximate surface area is 123 Å². The highest BCUT2D eigenvalue weighted by atomic mass is 32.4. The van der Waals surface area contributed by atoms with Crippen LogP contribution in [0.5, 0.6) is 0 Å². The normalized spacial score (nSPS) is 13.9. The zero-order valence-electron chi connectivity index (χ0n) is 12.9. The quantitative estimate of drug-likeness (QED) is 0.500. The molecular weight excluding hydrogens is 266 g/mol. The van der Waals surface area contributed by atoms with E-state index in [1.807, 2.05) is 6.21 Å². The summed E-state index contributed by atoms with van der Waals surface area (Å²) in [7, 11) is -1.05. The lowest BCUT2D eigenvalue weighted by molar-refractivity contribution is 0.748. The number of benzene rings is 1. The smallest absolute Gasteiger partial charge is 0.108 e. The van der Waals surface area contributed by atoms with Crippen LogP contribution in [0.4, 0.5) is 0 Å². The maximum Gasteiger partial charge on any atom is 0.108 e. The maximum absolute atomic E-state index is 4.65. The first-order valence-corrected chi connectivity index (χ1v) is 12.3. The van der Waals surface area contributed by atoms with Gasteiger partial charge in [-0.25, -0.2) is 0 Å². The number of hydrogen-bond acceptors (Lipinski definition) is 2. The third kappa shape index (κ3) is 7.58. The number of hydrogen-bond donors (Lipinski definition) is 0. The molecule has 0 heterocycles. The van der Waals surface area contributed by atoms with Crippen LogP contribution in [0.15, 0.2) is 29.3 Å². The zero-order chi connectivity index (χ0) is 14.3. The van der Waals surface area contributed by atoms with E-state index in [0.29, 0.717) is 5.25 Å². The summed E-state index contributed by atoms with van der Waals surface area (Å²) in [6.45, 7) is 12.6. The van der Waals surface area contributed by atoms with Gasteiger partial charge in [-0.2, -0.15) is 11.2 Å². The first-order valence-electron chi connectivity index (χ1n) is 7.15. The average Bonchev–Trinajstić information content (AvgIpc) is 2.30. The molecule has 0 saturated carbocycles. The molecule has 1 atom stereocenters. The van der Waals surface area contributed by atoms with Crippen LogP contribution in [0, 0.1) is 6.92 Å². The third-order valence-corrected chi connectivity index (χ3v) is 7.30. The minimum absolute atomic E-state index is 0.693. The fourth-order valence-electron chi connectivity index (χ4n) is 1.94. The fourth-order valence-corrected chi connectivity index (χ4v) is 7.03. The monoisotopic (exact) mass is 293 g/mol. The second-order valence-corrected chi connectivity index (χ2v) is 15.6. The molecule has 0 amide bonds. The highest BCUT2D eigenvalue weighted by molar-refractivity contribution is 8.29. The van der Waals surface area contributed by atoms with Crippen molar-refractivity contribution in [2.75, 3.05) is 6.54 Å². The molecule has 0 fully saturated rings. The van der Waals surface area contributed by atoms with Crippen molar-refractivity contribution in [1.29, 1.82) is 0 Å². The van der Waals surface area contributed by atoms with Crippen LogP contribution in [0.25, 0.3) is 0 Å². The summed E-state index contributed by atoms with van der Waals surface area (Å²) in [6.07, 6.45) is 4.55. The van der Waals surface area contributed by atoms with Crippen LogP contribution in [0.3, 0.4) is 0 Å². The lowest BCUT2D eigenvalue weighted by Gasteiger charge is -2.22. The van der Waals surface area contributed by atoms with Crippen molar-refractivity contribution in [2.24, 2.45) is 4.99 Å². The molecule has 0 aliphatic heterocycles. The molecule has 1 aromatic carbocycles. The van der Waals surface area contributed by atoms with Gasteiger partial charge in [0.05, 0.1) is 6.54 Å². The Morgan fingerprint density at radius 1 is 1.21 bits per heavy atom. The van der Waals surface area contributed by atoms with Crippen LogP contribution >= 0.6 is 11.2 Å². The predicted octanol–water partition coefficient (Wildman–Crippen LogP) is 5.15. The van der Waals surface area contributed by atoms with Crippen LogP contribution in [0.2, 0.25) is 19.6 Å². The summed E-state index contributed by atoms with van der Waals surface area (Å²) >= 11 is 2.19. The molecule has 1 unspecified atom stereocenters. The van der Waals surface area contributed by atoms with Gasteiger partial charge in [0.25, 0.3) is 0 Å². The SMILES string of the molecule is CCCC(CN=Cc1ccc(C)cc1)S[Si](C)(C)C. The predicted molar refractivity (Wildman–Crippen MR) is 93.3 cm³/mol. The summed E-state index contributed by atoms with van der Waals surface area (Å²) in [6, 6.07) is 8.56. The highest BCUT2D eigenvalue weighted by Crippen LogP contribution is 2.27. The van der Waals surface area contributed by atoms with Crippen LogP contribution < -0.4 is 0 Å². The summed E-state index contributed by atoms with van der Waals surface area (Å²) < 4.78 is 0. The maximum atomic E-state index is 4.65. The topological polar surface area (TPSA) is 12.4 Å². The Bertz CT molecular complexity index is 392. The Balaban J connectivity index is 2.53. The standard InChI is InChI=1S/C16H27NSSi/c1-6-7-16(18-19(3,4)5)13-17-12-15-10-8-14(2)9-11-15/h8-12,16H,6-7,13H2,1-5H3. The average molecular weight is 294 g/mol. The summed E-state index contributed by atoms with van der Waals surface area (Å²) in [5.41, 5.74) is 2.51. The van der Waals surface area contributed by atoms with Crippen LogP contribution in [-0.2, 0) is 0 Å². The lowest BCUT2D eigenvalue weighted by atomic mass is 10.2. The van der Waals surface area contributed by atoms with E-state index < -0.39 is 7.22 Å². The first kappa shape index (κ1) is 16.5. The molecule has 0 N–H and O–H groups in total. The minimum atomic E-state index is -1.05. The number of rotatable bonds is 7. The van der Waals surface area contributed by atoms with E-state index in [2.05, 4.69) is 74.0 Å². The molecule has 0 aliphatic rings. The number of nitrogens with zero attached hydrogens (tertiary/aromatic N) is 1. The van der Waals surface area contributed by atoms with Crippen molar-refractivity contribution in [3.05, 3.63) is 35.4 Å². The molecule has 19 heavy (non-hydrogen) atoms. The van der Waals surface area contributed by atoms with Gasteiger partial charge in [0.2, 0.25) is 0 Å². The molecule has 0 radical (unpaired) electrons. The molecule has 0 bridgehead atoms. The van der Waals surface area contributed by atoms with Gasteiger partial charge in [-0.15, -0.1) is 0 Å². The Kier molecular flexibility index (Phi) is 6.87. The first-order chi connectivity index (χ1) is 8.90. The van der Waals surface area contributed by atoms with Gasteiger partial charge in [0, 0.05) is 11.5 Å². The van der Waals surface area contributed by atoms with Crippen molar-refractivity contribution >= 4 is 24.6 Å². The van der Waals surface area contributed by atoms with Gasteiger partial charge in [-0.05, 0) is 18.9 Å². The van der Waals surface area contributed by atoms with Crippen molar-refractivity contribution in [3.63, 3.8) is 0 Å². The molecule has 1 aromatic rings. The molecule has 0 aliphatic carbocycles. The van der Waals surface area contributed by atoms with E-state index in [1.54, 1.807) is 0 Å². The van der Waals surface area contributed by atoms with Crippen molar-refractivity contribution in [3.8, 4) is 0 Å². The summed E-state index contributed by atoms with van der Waals surface area (Å²) in [5, 5.41) is 0.693. The summed E-state index contributed by atoms with van der Waals surface area (Å²) in [4.78, 5) is 4.65. The van der Waals surface area contributed by atoms with Gasteiger partial charge in [-0.3, -0.25) is 4.99 Å². The second-order valence-electron chi connectivity index (χ2n) is 6.05. The van der Waals surface area contributed by atoms with Gasteiger partial charge in [0.15, 0.2) is 0 Å². The molecule has 0 aromatic heterocycles. The van der Waals surface area contributed by atoms with E-state index in [0.717, 1.165) is 6.54 Å². The molecule has 106 valence electrons. The molecule has 1 rings (SSSR count). The second kappa shape index (κ2) is 7.90. The Morgan fingerprint density at radius 3 is 2.37 bits per heavy atom. The van der Waals surface area contributed by atoms with Crippen LogP contribution in [-0.4, -0.2) is 25.2 Å². The molecule has 1 nitrogen and oxygen atoms in total. The highest BCUT2D eigenvalue weighted by Gasteiger charge is 2.19. The molecular formula is C16H27NSSi. The van der Waals surface area contributed by atoms with E-state index in [-0.39, 0.29) is 0 Å². The van der Waals surface area contributed by atoms with E-state index in [1.165, 1.54) is 24.0 Å². The number of aliphatic imine (C=N–C) groups is 1. The lowest BCUT2D eigenvalue weighted by Crippen LogP contribution is -2.22. The van der Waals surface area contributed by atoms with E-state index in [9.17, 15) is 0 Å². The zero-order valence-corrected chi connectivity index (χ0v) is 14.8. The Hall–Kier alpha value is -0.543. The molecule has 0 spiro atoms. The fraction of sp³-hybridized carbons (Fsp3) is 0.562. The third-order valence-electron chi connectivity index (χ3n) is 2.76. The van der Waals surface area contributed by atoms with E-state index in [4.69, 9.17) is 0 Å². The summed E-state index contributed by atoms with van der Waals surface area (Å²) in [5.74, 6) is 0.